The molecule has 0 spiro atoms. The molecule has 0 fully saturated rings. The standard InChI is InChI=1S/C73H141NO5/c1-3-5-7-9-11-13-15-17-37-41-45-49-53-57-61-65-71(76)70(69-75)74-72(77)66-62-58-54-50-46-42-39-35-33-31-29-27-25-23-21-19-20-22-24-26-28-30-32-34-36-40-44-48-52-56-60-64-68-79-73(78)67-63-59-55-51-47-43-38-18-16-14-12-10-8-6-4-2/h18,22,24,38,70-71,75-76H,3-17,19-21,23,25-37,39-69H2,1-2H3,(H,74,77)/b24-22-,38-18-. The topological polar surface area (TPSA) is 95.9 Å². The minimum absolute atomic E-state index is 0.0109. The molecule has 0 aromatic rings. The second-order valence-electron chi connectivity index (χ2n) is 24.9. The van der Waals surface area contributed by atoms with E-state index in [1.54, 1.807) is 0 Å². The third-order valence-electron chi connectivity index (χ3n) is 17.0. The van der Waals surface area contributed by atoms with Crippen LogP contribution in [0.1, 0.15) is 406 Å². The molecule has 468 valence electrons. The Morgan fingerprint density at radius 1 is 0.342 bits per heavy atom. The van der Waals surface area contributed by atoms with E-state index in [2.05, 4.69) is 43.5 Å². The van der Waals surface area contributed by atoms with Crippen molar-refractivity contribution in [2.45, 2.75) is 418 Å². The highest BCUT2D eigenvalue weighted by Crippen LogP contribution is 2.19. The van der Waals surface area contributed by atoms with Gasteiger partial charge in [0.2, 0.25) is 5.91 Å². The number of amides is 1. The molecule has 2 unspecified atom stereocenters. The number of ether oxygens (including phenoxy) is 1. The molecule has 0 aromatic carbocycles. The van der Waals surface area contributed by atoms with Gasteiger partial charge in [0.05, 0.1) is 25.4 Å². The Hall–Kier alpha value is -1.66. The van der Waals surface area contributed by atoms with Crippen LogP contribution in [-0.4, -0.2) is 47.4 Å². The van der Waals surface area contributed by atoms with Crippen LogP contribution in [0.4, 0.5) is 0 Å². The third kappa shape index (κ3) is 65.4. The molecule has 79 heavy (non-hydrogen) atoms. The van der Waals surface area contributed by atoms with Crippen molar-refractivity contribution in [2.75, 3.05) is 13.2 Å². The number of esters is 1. The Kier molecular flexibility index (Phi) is 67.4. The lowest BCUT2D eigenvalue weighted by atomic mass is 10.0. The quantitative estimate of drug-likeness (QED) is 0.0320. The van der Waals surface area contributed by atoms with Crippen LogP contribution < -0.4 is 5.32 Å². The fourth-order valence-electron chi connectivity index (χ4n) is 11.5. The zero-order valence-corrected chi connectivity index (χ0v) is 53.6. The second-order valence-corrected chi connectivity index (χ2v) is 24.9. The Bertz CT molecular complexity index is 1230. The van der Waals surface area contributed by atoms with Gasteiger partial charge in [0, 0.05) is 12.8 Å². The van der Waals surface area contributed by atoms with Gasteiger partial charge >= 0.3 is 5.97 Å². The number of rotatable bonds is 68. The van der Waals surface area contributed by atoms with E-state index < -0.39 is 12.1 Å². The molecule has 0 rings (SSSR count). The summed E-state index contributed by atoms with van der Waals surface area (Å²) in [7, 11) is 0. The first-order valence-corrected chi connectivity index (χ1v) is 36.1. The van der Waals surface area contributed by atoms with Gasteiger partial charge in [0.15, 0.2) is 0 Å². The molecular weight excluding hydrogens is 971 g/mol. The maximum atomic E-state index is 12.5. The van der Waals surface area contributed by atoms with Crippen molar-refractivity contribution in [1.82, 2.24) is 5.32 Å². The summed E-state index contributed by atoms with van der Waals surface area (Å²) in [5.41, 5.74) is 0. The molecule has 0 bridgehead atoms. The van der Waals surface area contributed by atoms with Crippen molar-refractivity contribution in [3.8, 4) is 0 Å². The normalized spacial score (nSPS) is 12.6. The lowest BCUT2D eigenvalue weighted by Crippen LogP contribution is -2.45. The van der Waals surface area contributed by atoms with Crippen molar-refractivity contribution in [3.63, 3.8) is 0 Å². The van der Waals surface area contributed by atoms with Gasteiger partial charge in [-0.25, -0.2) is 0 Å². The number of carbonyl (C=O) groups is 2. The number of nitrogens with one attached hydrogen (secondary N) is 1. The molecule has 0 heterocycles. The lowest BCUT2D eigenvalue weighted by molar-refractivity contribution is -0.143. The fraction of sp³-hybridized carbons (Fsp3) is 0.918. The Balaban J connectivity index is 3.34. The molecule has 3 N–H and O–H groups in total. The summed E-state index contributed by atoms with van der Waals surface area (Å²) in [5, 5.41) is 23.3. The van der Waals surface area contributed by atoms with Crippen LogP contribution in [0.2, 0.25) is 0 Å². The first-order valence-electron chi connectivity index (χ1n) is 36.1. The largest absolute Gasteiger partial charge is 0.466 e. The number of unbranched alkanes of at least 4 members (excludes halogenated alkanes) is 53. The zero-order chi connectivity index (χ0) is 57.1. The van der Waals surface area contributed by atoms with Crippen molar-refractivity contribution in [1.29, 1.82) is 0 Å². The van der Waals surface area contributed by atoms with E-state index in [1.807, 2.05) is 0 Å². The molecule has 6 nitrogen and oxygen atoms in total. The van der Waals surface area contributed by atoms with Gasteiger partial charge < -0.3 is 20.3 Å². The fourth-order valence-corrected chi connectivity index (χ4v) is 11.5. The smallest absolute Gasteiger partial charge is 0.305 e. The van der Waals surface area contributed by atoms with Gasteiger partial charge in [-0.3, -0.25) is 9.59 Å². The van der Waals surface area contributed by atoms with Crippen LogP contribution in [0.5, 0.6) is 0 Å². The molecular formula is C73H141NO5. The maximum Gasteiger partial charge on any atom is 0.305 e. The number of hydrogen-bond donors (Lipinski definition) is 3. The van der Waals surface area contributed by atoms with Crippen LogP contribution in [0.15, 0.2) is 24.3 Å². The molecule has 0 aromatic heterocycles. The Morgan fingerprint density at radius 3 is 0.899 bits per heavy atom. The monoisotopic (exact) mass is 1110 g/mol. The SMILES string of the molecule is CCCCCCCC/C=C\CCCCCCCC(=O)OCCCCCCCCCCCCCC/C=C\CCCCCCCCCCCCCCCCCCC(=O)NC(CO)C(O)CCCCCCCCCCCCCCCCC. The Labute approximate surface area is 494 Å². The van der Waals surface area contributed by atoms with Crippen molar-refractivity contribution < 1.29 is 24.5 Å². The van der Waals surface area contributed by atoms with Gasteiger partial charge in [-0.05, 0) is 77.0 Å². The highest BCUT2D eigenvalue weighted by Gasteiger charge is 2.20. The van der Waals surface area contributed by atoms with Gasteiger partial charge in [-0.15, -0.1) is 0 Å². The molecule has 0 saturated carbocycles. The molecule has 6 heteroatoms. The minimum atomic E-state index is -0.662. The molecule has 2 atom stereocenters. The first-order chi connectivity index (χ1) is 39.0. The van der Waals surface area contributed by atoms with Crippen molar-refractivity contribution in [3.05, 3.63) is 24.3 Å². The van der Waals surface area contributed by atoms with Crippen LogP contribution >= 0.6 is 0 Å². The first kappa shape index (κ1) is 77.3. The van der Waals surface area contributed by atoms with E-state index in [0.29, 0.717) is 25.9 Å². The average Bonchev–Trinajstić information content (AvgIpc) is 3.45. The van der Waals surface area contributed by atoms with Crippen LogP contribution in [0.25, 0.3) is 0 Å². The van der Waals surface area contributed by atoms with Crippen molar-refractivity contribution >= 4 is 11.9 Å². The Morgan fingerprint density at radius 2 is 0.595 bits per heavy atom. The van der Waals surface area contributed by atoms with E-state index >= 15 is 0 Å². The zero-order valence-electron chi connectivity index (χ0n) is 53.6. The number of hydrogen-bond acceptors (Lipinski definition) is 5. The number of aliphatic hydroxyl groups excluding tert-OH is 2. The van der Waals surface area contributed by atoms with Crippen LogP contribution in [0, 0.1) is 0 Å². The maximum absolute atomic E-state index is 12.5. The molecule has 0 radical (unpaired) electrons. The number of carbonyl (C=O) groups excluding carboxylic acids is 2. The van der Waals surface area contributed by atoms with E-state index in [4.69, 9.17) is 4.74 Å². The molecule has 0 aliphatic heterocycles. The highest BCUT2D eigenvalue weighted by molar-refractivity contribution is 5.76. The summed E-state index contributed by atoms with van der Waals surface area (Å²) in [6.45, 7) is 4.98. The summed E-state index contributed by atoms with van der Waals surface area (Å²) in [6.07, 6.45) is 86.7. The van der Waals surface area contributed by atoms with Gasteiger partial charge in [0.1, 0.15) is 0 Å². The summed E-state index contributed by atoms with van der Waals surface area (Å²) >= 11 is 0. The van der Waals surface area contributed by atoms with Gasteiger partial charge in [-0.2, -0.15) is 0 Å². The molecule has 0 aliphatic carbocycles. The number of allylic oxidation sites excluding steroid dienone is 4. The molecule has 1 amide bonds. The molecule has 0 aliphatic rings. The van der Waals surface area contributed by atoms with Crippen LogP contribution in [-0.2, 0) is 14.3 Å². The van der Waals surface area contributed by atoms with E-state index in [1.165, 1.54) is 327 Å². The lowest BCUT2D eigenvalue weighted by Gasteiger charge is -2.22. The highest BCUT2D eigenvalue weighted by atomic mass is 16.5. The van der Waals surface area contributed by atoms with E-state index in [9.17, 15) is 19.8 Å². The van der Waals surface area contributed by atoms with E-state index in [0.717, 1.165) is 44.9 Å². The summed E-state index contributed by atoms with van der Waals surface area (Å²) in [4.78, 5) is 24.6. The van der Waals surface area contributed by atoms with Crippen LogP contribution in [0.3, 0.4) is 0 Å². The van der Waals surface area contributed by atoms with Crippen molar-refractivity contribution in [2.24, 2.45) is 0 Å². The third-order valence-corrected chi connectivity index (χ3v) is 17.0. The minimum Gasteiger partial charge on any atom is -0.466 e. The van der Waals surface area contributed by atoms with E-state index in [-0.39, 0.29) is 18.5 Å². The average molecular weight is 1110 g/mol. The number of aliphatic hydroxyl groups is 2. The summed E-state index contributed by atoms with van der Waals surface area (Å²) < 4.78 is 5.49. The molecule has 0 saturated heterocycles. The predicted molar refractivity (Wildman–Crippen MR) is 347 cm³/mol. The van der Waals surface area contributed by atoms with Gasteiger partial charge in [0.25, 0.3) is 0 Å². The summed E-state index contributed by atoms with van der Waals surface area (Å²) in [6, 6.07) is -0.539. The second kappa shape index (κ2) is 68.8. The predicted octanol–water partition coefficient (Wildman–Crippen LogP) is 23.3. The summed E-state index contributed by atoms with van der Waals surface area (Å²) in [5.74, 6) is -0.0184. The van der Waals surface area contributed by atoms with Gasteiger partial charge in [-0.1, -0.05) is 340 Å².